The van der Waals surface area contributed by atoms with Crippen LogP contribution >= 0.6 is 0 Å². The van der Waals surface area contributed by atoms with Crippen molar-refractivity contribution in [3.63, 3.8) is 0 Å². The zero-order valence-electron chi connectivity index (χ0n) is 19.8. The topological polar surface area (TPSA) is 100 Å². The summed E-state index contributed by atoms with van der Waals surface area (Å²) in [5, 5.41) is 19.5. The fraction of sp³-hybridized carbons (Fsp3) is 0.440. The largest absolute Gasteiger partial charge is 0.491 e. The summed E-state index contributed by atoms with van der Waals surface area (Å²) in [7, 11) is 0. The number of hydrogen-bond acceptors (Lipinski definition) is 7. The molecule has 1 aliphatic rings. The van der Waals surface area contributed by atoms with E-state index >= 15 is 0 Å². The van der Waals surface area contributed by atoms with Crippen LogP contribution in [-0.2, 0) is 11.3 Å². The lowest BCUT2D eigenvalue weighted by atomic mass is 10.1. The van der Waals surface area contributed by atoms with Crippen molar-refractivity contribution in [1.29, 1.82) is 0 Å². The predicted octanol–water partition coefficient (Wildman–Crippen LogP) is 4.14. The Morgan fingerprint density at radius 1 is 1.24 bits per heavy atom. The molecular formula is C25H30N6O3. The second-order valence-corrected chi connectivity index (χ2v) is 8.82. The smallest absolute Gasteiger partial charge is 0.181 e. The fourth-order valence-electron chi connectivity index (χ4n) is 4.41. The van der Waals surface area contributed by atoms with Gasteiger partial charge in [0.05, 0.1) is 36.7 Å². The van der Waals surface area contributed by atoms with Crippen molar-refractivity contribution in [1.82, 2.24) is 29.5 Å². The number of fused-ring (bicyclic) bond motifs is 1. The molecule has 1 N–H and O–H groups in total. The van der Waals surface area contributed by atoms with Crippen LogP contribution in [0.15, 0.2) is 36.7 Å². The molecule has 0 radical (unpaired) electrons. The molecule has 1 unspecified atom stereocenters. The molecule has 9 heteroatoms. The highest BCUT2D eigenvalue weighted by atomic mass is 16.5. The first kappa shape index (κ1) is 22.5. The molecule has 1 aromatic carbocycles. The van der Waals surface area contributed by atoms with E-state index in [2.05, 4.69) is 10.1 Å². The van der Waals surface area contributed by atoms with Crippen molar-refractivity contribution in [2.45, 2.75) is 58.9 Å². The van der Waals surface area contributed by atoms with Crippen molar-refractivity contribution in [2.24, 2.45) is 0 Å². The normalized spacial score (nSPS) is 16.4. The van der Waals surface area contributed by atoms with Gasteiger partial charge in [0, 0.05) is 29.4 Å². The van der Waals surface area contributed by atoms with Crippen LogP contribution in [0.2, 0.25) is 0 Å². The van der Waals surface area contributed by atoms with Crippen LogP contribution < -0.4 is 4.74 Å². The van der Waals surface area contributed by atoms with Crippen molar-refractivity contribution >= 4 is 10.9 Å². The van der Waals surface area contributed by atoms with Gasteiger partial charge in [0.15, 0.2) is 12.1 Å². The van der Waals surface area contributed by atoms with Crippen LogP contribution in [0.25, 0.3) is 33.7 Å². The number of aromatic nitrogens is 6. The highest BCUT2D eigenvalue weighted by molar-refractivity contribution is 5.93. The Morgan fingerprint density at radius 3 is 2.88 bits per heavy atom. The fourth-order valence-corrected chi connectivity index (χ4v) is 4.41. The van der Waals surface area contributed by atoms with Crippen LogP contribution in [-0.4, -0.2) is 54.0 Å². The monoisotopic (exact) mass is 462 g/mol. The van der Waals surface area contributed by atoms with Crippen LogP contribution in [0, 0.1) is 6.92 Å². The van der Waals surface area contributed by atoms with Gasteiger partial charge in [-0.3, -0.25) is 4.68 Å². The molecule has 0 spiro atoms. The summed E-state index contributed by atoms with van der Waals surface area (Å²) in [6, 6.07) is 7.89. The molecule has 9 nitrogen and oxygen atoms in total. The summed E-state index contributed by atoms with van der Waals surface area (Å²) in [5.41, 5.74) is 4.27. The van der Waals surface area contributed by atoms with Crippen molar-refractivity contribution < 1.29 is 14.6 Å². The molecule has 0 saturated carbocycles. The molecule has 0 bridgehead atoms. The number of aliphatic hydroxyl groups excluding tert-OH is 1. The summed E-state index contributed by atoms with van der Waals surface area (Å²) < 4.78 is 15.7. The SMILES string of the molecule is Cc1c(-c2ccnc(-c3nn(C4CCCCO4)c4ccc(OC(C)C)cc34)n2)cnn1CCO. The van der Waals surface area contributed by atoms with E-state index in [0.717, 1.165) is 59.5 Å². The zero-order valence-corrected chi connectivity index (χ0v) is 19.8. The molecule has 4 heterocycles. The van der Waals surface area contributed by atoms with Crippen LogP contribution in [0.5, 0.6) is 5.75 Å². The number of hydrogen-bond donors (Lipinski definition) is 1. The number of ether oxygens (including phenoxy) is 2. The Bertz CT molecular complexity index is 1290. The first-order chi connectivity index (χ1) is 16.5. The standard InChI is InChI=1S/C25H30N6O3/c1-16(2)34-18-7-8-22-19(14-18)24(29-31(22)23-6-4-5-13-33-23)25-26-10-9-21(28-25)20-15-27-30(11-12-32)17(20)3/h7-10,14-16,23,32H,4-6,11-13H2,1-3H3. The molecule has 178 valence electrons. The molecule has 1 fully saturated rings. The molecule has 4 aromatic rings. The van der Waals surface area contributed by atoms with Gasteiger partial charge in [-0.05, 0) is 64.3 Å². The van der Waals surface area contributed by atoms with Gasteiger partial charge in [-0.2, -0.15) is 10.2 Å². The van der Waals surface area contributed by atoms with Crippen molar-refractivity contribution in [2.75, 3.05) is 13.2 Å². The lowest BCUT2D eigenvalue weighted by molar-refractivity contribution is -0.0365. The highest BCUT2D eigenvalue weighted by Gasteiger charge is 2.23. The van der Waals surface area contributed by atoms with Gasteiger partial charge in [0.1, 0.15) is 11.4 Å². The van der Waals surface area contributed by atoms with E-state index in [-0.39, 0.29) is 18.9 Å². The van der Waals surface area contributed by atoms with E-state index in [4.69, 9.17) is 19.6 Å². The van der Waals surface area contributed by atoms with Gasteiger partial charge >= 0.3 is 0 Å². The van der Waals surface area contributed by atoms with Gasteiger partial charge in [-0.1, -0.05) is 0 Å². The number of rotatable bonds is 7. The molecule has 1 atom stereocenters. The van der Waals surface area contributed by atoms with E-state index in [1.807, 2.05) is 49.7 Å². The summed E-state index contributed by atoms with van der Waals surface area (Å²) in [6.07, 6.45) is 6.59. The third-order valence-corrected chi connectivity index (χ3v) is 6.04. The average molecular weight is 463 g/mol. The predicted molar refractivity (Wildman–Crippen MR) is 128 cm³/mol. The minimum atomic E-state index is -0.107. The Balaban J connectivity index is 1.62. The Kier molecular flexibility index (Phi) is 6.30. The van der Waals surface area contributed by atoms with Gasteiger partial charge in [0.25, 0.3) is 0 Å². The highest BCUT2D eigenvalue weighted by Crippen LogP contribution is 2.34. The Labute approximate surface area is 198 Å². The maximum Gasteiger partial charge on any atom is 0.181 e. The van der Waals surface area contributed by atoms with E-state index in [1.165, 1.54) is 0 Å². The lowest BCUT2D eigenvalue weighted by Gasteiger charge is -2.23. The van der Waals surface area contributed by atoms with Gasteiger partial charge in [-0.15, -0.1) is 0 Å². The third-order valence-electron chi connectivity index (χ3n) is 6.04. The average Bonchev–Trinajstić information content (AvgIpc) is 3.40. The van der Waals surface area contributed by atoms with E-state index in [9.17, 15) is 5.11 Å². The third kappa shape index (κ3) is 4.28. The summed E-state index contributed by atoms with van der Waals surface area (Å²) >= 11 is 0. The first-order valence-corrected chi connectivity index (χ1v) is 11.8. The Morgan fingerprint density at radius 2 is 2.12 bits per heavy atom. The van der Waals surface area contributed by atoms with Crippen molar-refractivity contribution in [3.05, 3.63) is 42.4 Å². The maximum atomic E-state index is 9.29. The Hall–Kier alpha value is -3.30. The van der Waals surface area contributed by atoms with Crippen molar-refractivity contribution in [3.8, 4) is 28.5 Å². The van der Waals surface area contributed by atoms with E-state index < -0.39 is 0 Å². The summed E-state index contributed by atoms with van der Waals surface area (Å²) in [6.45, 7) is 7.20. The van der Waals surface area contributed by atoms with Crippen LogP contribution in [0.4, 0.5) is 0 Å². The van der Waals surface area contributed by atoms with E-state index in [0.29, 0.717) is 18.1 Å². The van der Waals surface area contributed by atoms with Crippen LogP contribution in [0.1, 0.15) is 45.0 Å². The molecule has 0 amide bonds. The number of nitrogens with zero attached hydrogens (tertiary/aromatic N) is 6. The maximum absolute atomic E-state index is 9.29. The van der Waals surface area contributed by atoms with Gasteiger partial charge in [0.2, 0.25) is 0 Å². The minimum Gasteiger partial charge on any atom is -0.491 e. The second kappa shape index (κ2) is 9.52. The molecule has 5 rings (SSSR count). The zero-order chi connectivity index (χ0) is 23.7. The molecule has 1 aliphatic heterocycles. The molecule has 0 aliphatic carbocycles. The lowest BCUT2D eigenvalue weighted by Crippen LogP contribution is -2.19. The molecule has 34 heavy (non-hydrogen) atoms. The molecule has 1 saturated heterocycles. The number of benzene rings is 1. The first-order valence-electron chi connectivity index (χ1n) is 11.8. The summed E-state index contributed by atoms with van der Waals surface area (Å²) in [4.78, 5) is 9.43. The molecular weight excluding hydrogens is 432 g/mol. The quantitative estimate of drug-likeness (QED) is 0.440. The van der Waals surface area contributed by atoms with Gasteiger partial charge in [-0.25, -0.2) is 14.6 Å². The van der Waals surface area contributed by atoms with Gasteiger partial charge < -0.3 is 14.6 Å². The minimum absolute atomic E-state index is 0.0322. The molecule has 3 aromatic heterocycles. The second-order valence-electron chi connectivity index (χ2n) is 8.82. The summed E-state index contributed by atoms with van der Waals surface area (Å²) in [5.74, 6) is 1.32. The number of aliphatic hydroxyl groups is 1. The van der Waals surface area contributed by atoms with E-state index in [1.54, 1.807) is 17.1 Å². The van der Waals surface area contributed by atoms with Crippen LogP contribution in [0.3, 0.4) is 0 Å².